The highest BCUT2D eigenvalue weighted by atomic mass is 16.7. The first-order valence-electron chi connectivity index (χ1n) is 9.94. The molecular formula is C21H34O8. The van der Waals surface area contributed by atoms with Crippen molar-refractivity contribution in [2.24, 2.45) is 5.41 Å². The van der Waals surface area contributed by atoms with Crippen molar-refractivity contribution in [2.75, 3.05) is 0 Å². The first-order chi connectivity index (χ1) is 13.2. The molecule has 8 heteroatoms. The molecule has 5 N–H and O–H groups in total. The van der Waals surface area contributed by atoms with E-state index in [9.17, 15) is 25.2 Å². The van der Waals surface area contributed by atoms with Gasteiger partial charge < -0.3 is 35.0 Å². The first-order valence-corrected chi connectivity index (χ1v) is 9.94. The molecule has 1 saturated carbocycles. The van der Waals surface area contributed by atoms with Crippen LogP contribution in [0.4, 0.5) is 0 Å². The number of carboxylic acid groups (broad SMARTS) is 1. The molecule has 0 aromatic rings. The standard InChI is InChI=1S/C21H34O8/c1-12(11-14(22)23)7-10-21(27)19(3,4)8-6-9-20(21,5)29-18-17(26)16(25)15(24)13(2)28-18/h7,10-11,13,15-18,24-27H,6,8-9H2,1-5H3,(H,22,23)/b10-7+,12-11+/t13-,15-,16+,17-,18+,20-,21-/m1/s1. The number of aliphatic hydroxyl groups excluding tert-OH is 3. The van der Waals surface area contributed by atoms with Crippen LogP contribution in [0, 0.1) is 5.41 Å². The van der Waals surface area contributed by atoms with Crippen molar-refractivity contribution in [1.29, 1.82) is 0 Å². The highest BCUT2D eigenvalue weighted by Crippen LogP contribution is 2.52. The lowest BCUT2D eigenvalue weighted by molar-refractivity contribution is -0.348. The molecule has 29 heavy (non-hydrogen) atoms. The van der Waals surface area contributed by atoms with Crippen LogP contribution in [-0.2, 0) is 14.3 Å². The predicted octanol–water partition coefficient (Wildman–Crippen LogP) is 1.12. The van der Waals surface area contributed by atoms with Gasteiger partial charge in [0.2, 0.25) is 0 Å². The molecule has 1 aliphatic heterocycles. The van der Waals surface area contributed by atoms with Crippen LogP contribution < -0.4 is 0 Å². The molecule has 1 aliphatic carbocycles. The highest BCUT2D eigenvalue weighted by molar-refractivity contribution is 5.81. The summed E-state index contributed by atoms with van der Waals surface area (Å²) in [6.07, 6.45) is -0.109. The molecule has 0 amide bonds. The molecule has 0 aromatic carbocycles. The maximum absolute atomic E-state index is 11.8. The normalized spacial score (nSPS) is 43.5. The fourth-order valence-electron chi connectivity index (χ4n) is 4.38. The Hall–Kier alpha value is -1.29. The zero-order valence-corrected chi connectivity index (χ0v) is 17.7. The fourth-order valence-corrected chi connectivity index (χ4v) is 4.38. The topological polar surface area (TPSA) is 137 Å². The van der Waals surface area contributed by atoms with Crippen molar-refractivity contribution in [3.8, 4) is 0 Å². The average molecular weight is 414 g/mol. The van der Waals surface area contributed by atoms with Gasteiger partial charge in [-0.2, -0.15) is 0 Å². The zero-order valence-electron chi connectivity index (χ0n) is 17.7. The lowest BCUT2D eigenvalue weighted by Crippen LogP contribution is -2.67. The number of allylic oxidation sites excluding steroid dienone is 2. The Morgan fingerprint density at radius 2 is 1.72 bits per heavy atom. The number of hydrogen-bond acceptors (Lipinski definition) is 7. The molecule has 0 radical (unpaired) electrons. The van der Waals surface area contributed by atoms with Crippen molar-refractivity contribution in [3.05, 3.63) is 23.8 Å². The maximum Gasteiger partial charge on any atom is 0.328 e. The molecule has 8 nitrogen and oxygen atoms in total. The third kappa shape index (κ3) is 4.57. The van der Waals surface area contributed by atoms with Crippen molar-refractivity contribution in [3.63, 3.8) is 0 Å². The molecule has 0 spiro atoms. The minimum atomic E-state index is -1.51. The molecule has 7 atom stereocenters. The summed E-state index contributed by atoms with van der Waals surface area (Å²) in [4.78, 5) is 10.9. The monoisotopic (exact) mass is 414 g/mol. The fraction of sp³-hybridized carbons (Fsp3) is 0.762. The summed E-state index contributed by atoms with van der Waals surface area (Å²) in [7, 11) is 0. The van der Waals surface area contributed by atoms with Gasteiger partial charge in [-0.3, -0.25) is 0 Å². The highest BCUT2D eigenvalue weighted by Gasteiger charge is 2.59. The molecule has 0 unspecified atom stereocenters. The van der Waals surface area contributed by atoms with Crippen molar-refractivity contribution < 1.29 is 39.8 Å². The van der Waals surface area contributed by atoms with Crippen LogP contribution >= 0.6 is 0 Å². The van der Waals surface area contributed by atoms with E-state index >= 15 is 0 Å². The lowest BCUT2D eigenvalue weighted by atomic mass is 9.58. The third-order valence-corrected chi connectivity index (χ3v) is 6.42. The largest absolute Gasteiger partial charge is 0.478 e. The van der Waals surface area contributed by atoms with Gasteiger partial charge in [0.15, 0.2) is 6.29 Å². The molecule has 166 valence electrons. The number of aliphatic hydroxyl groups is 4. The van der Waals surface area contributed by atoms with Gasteiger partial charge in [0.25, 0.3) is 0 Å². The summed E-state index contributed by atoms with van der Waals surface area (Å²) in [6.45, 7) is 8.69. The number of ether oxygens (including phenoxy) is 2. The van der Waals surface area contributed by atoms with Crippen LogP contribution in [0.1, 0.15) is 53.9 Å². The maximum atomic E-state index is 11.8. The van der Waals surface area contributed by atoms with E-state index in [1.807, 2.05) is 13.8 Å². The van der Waals surface area contributed by atoms with Crippen LogP contribution in [-0.4, -0.2) is 73.4 Å². The van der Waals surface area contributed by atoms with Crippen LogP contribution in [0.5, 0.6) is 0 Å². The number of hydrogen-bond donors (Lipinski definition) is 5. The van der Waals surface area contributed by atoms with Gasteiger partial charge in [-0.1, -0.05) is 19.9 Å². The number of carboxylic acids is 1. The quantitative estimate of drug-likeness (QED) is 0.333. The minimum absolute atomic E-state index is 0.454. The molecule has 1 saturated heterocycles. The van der Waals surface area contributed by atoms with E-state index in [0.717, 1.165) is 12.5 Å². The molecule has 1 heterocycles. The number of rotatable bonds is 5. The van der Waals surface area contributed by atoms with Gasteiger partial charge in [0.1, 0.15) is 29.5 Å². The van der Waals surface area contributed by atoms with Gasteiger partial charge in [0.05, 0.1) is 6.10 Å². The smallest absolute Gasteiger partial charge is 0.328 e. The van der Waals surface area contributed by atoms with E-state index in [-0.39, 0.29) is 0 Å². The predicted molar refractivity (Wildman–Crippen MR) is 105 cm³/mol. The summed E-state index contributed by atoms with van der Waals surface area (Å²) in [5.41, 5.74) is -2.87. The van der Waals surface area contributed by atoms with E-state index in [1.165, 1.54) is 0 Å². The van der Waals surface area contributed by atoms with Crippen LogP contribution in [0.2, 0.25) is 0 Å². The Morgan fingerprint density at radius 3 is 2.31 bits per heavy atom. The van der Waals surface area contributed by atoms with E-state index in [1.54, 1.807) is 32.9 Å². The summed E-state index contributed by atoms with van der Waals surface area (Å²) >= 11 is 0. The third-order valence-electron chi connectivity index (χ3n) is 6.42. The molecule has 2 aliphatic rings. The van der Waals surface area contributed by atoms with Crippen LogP contribution in [0.3, 0.4) is 0 Å². The molecule has 0 bridgehead atoms. The van der Waals surface area contributed by atoms with Crippen molar-refractivity contribution in [1.82, 2.24) is 0 Å². The van der Waals surface area contributed by atoms with Gasteiger partial charge in [-0.15, -0.1) is 0 Å². The molecule has 0 aromatic heterocycles. The number of carbonyl (C=O) groups is 1. The van der Waals surface area contributed by atoms with Gasteiger partial charge >= 0.3 is 5.97 Å². The second kappa shape index (κ2) is 8.45. The van der Waals surface area contributed by atoms with Crippen LogP contribution in [0.15, 0.2) is 23.8 Å². The van der Waals surface area contributed by atoms with Crippen molar-refractivity contribution in [2.45, 2.75) is 95.8 Å². The zero-order chi connectivity index (χ0) is 22.2. The summed E-state index contributed by atoms with van der Waals surface area (Å²) in [5, 5.41) is 51.0. The Morgan fingerprint density at radius 1 is 1.10 bits per heavy atom. The number of aliphatic carboxylic acids is 1. The average Bonchev–Trinajstić information content (AvgIpc) is 2.60. The van der Waals surface area contributed by atoms with E-state index < -0.39 is 53.3 Å². The Bertz CT molecular complexity index is 672. The summed E-state index contributed by atoms with van der Waals surface area (Å²) in [6, 6.07) is 0. The Labute approximate surface area is 171 Å². The molecule has 2 fully saturated rings. The van der Waals surface area contributed by atoms with Crippen LogP contribution in [0.25, 0.3) is 0 Å². The van der Waals surface area contributed by atoms with E-state index in [4.69, 9.17) is 14.6 Å². The van der Waals surface area contributed by atoms with E-state index in [2.05, 4.69) is 0 Å². The minimum Gasteiger partial charge on any atom is -0.478 e. The second-order valence-electron chi connectivity index (χ2n) is 9.09. The van der Waals surface area contributed by atoms with Gasteiger partial charge in [0, 0.05) is 6.08 Å². The SMILES string of the molecule is CC(/C=C/[C@@]1(O)C(C)(C)CCC[C@@]1(C)O[C@@H]1O[C@H](C)[C@@H](O)[C@H](O)[C@H]1O)=C\C(=O)O. The van der Waals surface area contributed by atoms with E-state index in [0.29, 0.717) is 18.4 Å². The summed E-state index contributed by atoms with van der Waals surface area (Å²) in [5.74, 6) is -1.08. The summed E-state index contributed by atoms with van der Waals surface area (Å²) < 4.78 is 11.7. The first kappa shape index (κ1) is 24.0. The van der Waals surface area contributed by atoms with Gasteiger partial charge in [-0.25, -0.2) is 4.79 Å². The Balaban J connectivity index is 2.38. The molecular weight excluding hydrogens is 380 g/mol. The lowest BCUT2D eigenvalue weighted by Gasteiger charge is -2.57. The van der Waals surface area contributed by atoms with Crippen molar-refractivity contribution >= 4 is 5.97 Å². The Kier molecular flexibility index (Phi) is 6.99. The second-order valence-corrected chi connectivity index (χ2v) is 9.09. The van der Waals surface area contributed by atoms with Gasteiger partial charge in [-0.05, 0) is 57.1 Å². The molecule has 2 rings (SSSR count).